The van der Waals surface area contributed by atoms with E-state index in [4.69, 9.17) is 14.6 Å². The Morgan fingerprint density at radius 2 is 2.05 bits per heavy atom. The molecule has 0 saturated carbocycles. The third-order valence-corrected chi connectivity index (χ3v) is 2.55. The van der Waals surface area contributed by atoms with Gasteiger partial charge in [-0.15, -0.1) is 6.58 Å². The quantitative estimate of drug-likeness (QED) is 0.532. The number of carboxylic acid groups (broad SMARTS) is 1. The Morgan fingerprint density at radius 3 is 2.57 bits per heavy atom. The zero-order valence-electron chi connectivity index (χ0n) is 11.9. The topological polar surface area (TPSA) is 84.9 Å². The van der Waals surface area contributed by atoms with Crippen molar-refractivity contribution in [1.29, 1.82) is 0 Å². The molecule has 0 radical (unpaired) electrons. The molecule has 0 aliphatic rings. The molecule has 1 unspecified atom stereocenters. The average Bonchev–Trinajstić information content (AvgIpc) is 2.47. The maximum Gasteiger partial charge on any atom is 0.328 e. The van der Waals surface area contributed by atoms with E-state index in [1.54, 1.807) is 24.3 Å². The second-order valence-electron chi connectivity index (χ2n) is 4.15. The number of hydrogen-bond acceptors (Lipinski definition) is 4. The van der Waals surface area contributed by atoms with Gasteiger partial charge >= 0.3 is 5.97 Å². The molecule has 0 saturated heterocycles. The lowest BCUT2D eigenvalue weighted by atomic mass is 10.2. The number of hydrogen-bond donors (Lipinski definition) is 2. The van der Waals surface area contributed by atoms with Crippen molar-refractivity contribution >= 4 is 11.9 Å². The van der Waals surface area contributed by atoms with Crippen LogP contribution in [0.2, 0.25) is 0 Å². The van der Waals surface area contributed by atoms with Crippen LogP contribution < -0.4 is 10.1 Å². The zero-order valence-corrected chi connectivity index (χ0v) is 11.9. The van der Waals surface area contributed by atoms with Crippen LogP contribution in [0.25, 0.3) is 0 Å². The lowest BCUT2D eigenvalue weighted by molar-refractivity contribution is -0.140. The predicted octanol–water partition coefficient (Wildman–Crippen LogP) is 1.47. The predicted molar refractivity (Wildman–Crippen MR) is 77.5 cm³/mol. The summed E-state index contributed by atoms with van der Waals surface area (Å²) >= 11 is 0. The van der Waals surface area contributed by atoms with Crippen molar-refractivity contribution < 1.29 is 24.2 Å². The summed E-state index contributed by atoms with van der Waals surface area (Å²) in [7, 11) is 0. The number of aliphatic carboxylic acids is 1. The number of amides is 1. The summed E-state index contributed by atoms with van der Waals surface area (Å²) in [6.07, 6.45) is 1.51. The van der Waals surface area contributed by atoms with E-state index in [2.05, 4.69) is 11.9 Å². The van der Waals surface area contributed by atoms with Crippen molar-refractivity contribution in [3.05, 3.63) is 42.5 Å². The van der Waals surface area contributed by atoms with Crippen molar-refractivity contribution in [2.45, 2.75) is 13.0 Å². The molecule has 0 bridgehead atoms. The van der Waals surface area contributed by atoms with Gasteiger partial charge in [0.1, 0.15) is 5.75 Å². The molecule has 1 atom stereocenters. The Balaban J connectivity index is 2.63. The highest BCUT2D eigenvalue weighted by atomic mass is 16.5. The molecule has 0 spiro atoms. The number of carbonyl (C=O) groups excluding carboxylic acids is 1. The van der Waals surface area contributed by atoms with Crippen LogP contribution in [-0.4, -0.2) is 42.8 Å². The molecule has 0 fully saturated rings. The monoisotopic (exact) mass is 293 g/mol. The Kier molecular flexibility index (Phi) is 6.97. The van der Waals surface area contributed by atoms with E-state index in [1.165, 1.54) is 6.08 Å². The highest BCUT2D eigenvalue weighted by Gasteiger charge is 2.20. The molecule has 1 rings (SSSR count). The normalized spacial score (nSPS) is 11.5. The Labute approximate surface area is 123 Å². The largest absolute Gasteiger partial charge is 0.494 e. The van der Waals surface area contributed by atoms with Gasteiger partial charge in [-0.05, 0) is 31.2 Å². The van der Waals surface area contributed by atoms with Gasteiger partial charge in [-0.1, -0.05) is 6.08 Å². The van der Waals surface area contributed by atoms with Gasteiger partial charge in [0.25, 0.3) is 5.91 Å². The molecule has 0 aliphatic heterocycles. The second kappa shape index (κ2) is 8.76. The van der Waals surface area contributed by atoms with Gasteiger partial charge in [0.15, 0.2) is 6.04 Å². The maximum absolute atomic E-state index is 12.0. The summed E-state index contributed by atoms with van der Waals surface area (Å²) in [6, 6.07) is 5.35. The average molecular weight is 293 g/mol. The summed E-state index contributed by atoms with van der Waals surface area (Å²) in [5.41, 5.74) is 0.355. The lowest BCUT2D eigenvalue weighted by Crippen LogP contribution is -2.44. The second-order valence-corrected chi connectivity index (χ2v) is 4.15. The van der Waals surface area contributed by atoms with Gasteiger partial charge in [0, 0.05) is 5.56 Å². The molecule has 1 aromatic carbocycles. The molecule has 21 heavy (non-hydrogen) atoms. The molecular weight excluding hydrogens is 274 g/mol. The number of benzene rings is 1. The van der Waals surface area contributed by atoms with Crippen LogP contribution in [0.5, 0.6) is 5.75 Å². The third kappa shape index (κ3) is 5.66. The highest BCUT2D eigenvalue weighted by Crippen LogP contribution is 2.12. The molecule has 1 aromatic rings. The number of nitrogens with one attached hydrogen (secondary N) is 1. The first kappa shape index (κ1) is 16.7. The summed E-state index contributed by atoms with van der Waals surface area (Å²) in [5.74, 6) is -0.982. The van der Waals surface area contributed by atoms with Crippen LogP contribution in [0.1, 0.15) is 17.3 Å². The third-order valence-electron chi connectivity index (χ3n) is 2.55. The maximum atomic E-state index is 12.0. The van der Waals surface area contributed by atoms with E-state index in [9.17, 15) is 9.59 Å². The fourth-order valence-corrected chi connectivity index (χ4v) is 1.55. The minimum absolute atomic E-state index is 0.121. The van der Waals surface area contributed by atoms with Gasteiger partial charge in [0.05, 0.1) is 19.8 Å². The number of rotatable bonds is 9. The molecule has 114 valence electrons. The SMILES string of the molecule is C=CCOCC(NC(=O)c1ccc(OCC)cc1)C(=O)O. The summed E-state index contributed by atoms with van der Waals surface area (Å²) in [6.45, 7) is 5.96. The molecule has 0 aliphatic carbocycles. The Hall–Kier alpha value is -2.34. The van der Waals surface area contributed by atoms with Gasteiger partial charge in [-0.3, -0.25) is 4.79 Å². The fraction of sp³-hybridized carbons (Fsp3) is 0.333. The van der Waals surface area contributed by atoms with Crippen LogP contribution >= 0.6 is 0 Å². The van der Waals surface area contributed by atoms with Crippen molar-refractivity contribution in [2.75, 3.05) is 19.8 Å². The van der Waals surface area contributed by atoms with E-state index >= 15 is 0 Å². The van der Waals surface area contributed by atoms with Crippen molar-refractivity contribution in [3.63, 3.8) is 0 Å². The molecular formula is C15H19NO5. The molecule has 6 heteroatoms. The molecule has 2 N–H and O–H groups in total. The molecule has 0 heterocycles. The van der Waals surface area contributed by atoms with Crippen LogP contribution in [0, 0.1) is 0 Å². The van der Waals surface area contributed by atoms with Crippen molar-refractivity contribution in [2.24, 2.45) is 0 Å². The first-order valence-corrected chi connectivity index (χ1v) is 6.53. The van der Waals surface area contributed by atoms with Gasteiger partial charge in [-0.25, -0.2) is 4.79 Å². The van der Waals surface area contributed by atoms with Gasteiger partial charge in [0.2, 0.25) is 0 Å². The van der Waals surface area contributed by atoms with Crippen molar-refractivity contribution in [1.82, 2.24) is 5.32 Å². The lowest BCUT2D eigenvalue weighted by Gasteiger charge is -2.14. The first-order valence-electron chi connectivity index (χ1n) is 6.53. The molecule has 0 aromatic heterocycles. The van der Waals surface area contributed by atoms with E-state index < -0.39 is 17.9 Å². The minimum atomic E-state index is -1.15. The number of carboxylic acids is 1. The van der Waals surface area contributed by atoms with E-state index in [1.807, 2.05) is 6.92 Å². The van der Waals surface area contributed by atoms with Gasteiger partial charge in [-0.2, -0.15) is 0 Å². The number of carbonyl (C=O) groups is 2. The van der Waals surface area contributed by atoms with Crippen molar-refractivity contribution in [3.8, 4) is 5.75 Å². The summed E-state index contributed by atoms with van der Waals surface area (Å²) in [4.78, 5) is 23.0. The minimum Gasteiger partial charge on any atom is -0.494 e. The van der Waals surface area contributed by atoms with E-state index in [0.717, 1.165) is 0 Å². The smallest absolute Gasteiger partial charge is 0.328 e. The van der Waals surface area contributed by atoms with E-state index in [0.29, 0.717) is 17.9 Å². The van der Waals surface area contributed by atoms with Crippen LogP contribution in [0.15, 0.2) is 36.9 Å². The summed E-state index contributed by atoms with van der Waals surface area (Å²) in [5, 5.41) is 11.4. The summed E-state index contributed by atoms with van der Waals surface area (Å²) < 4.78 is 10.3. The highest BCUT2D eigenvalue weighted by molar-refractivity contribution is 5.96. The molecule has 6 nitrogen and oxygen atoms in total. The first-order chi connectivity index (χ1) is 10.1. The van der Waals surface area contributed by atoms with Gasteiger partial charge < -0.3 is 19.9 Å². The molecule has 1 amide bonds. The van der Waals surface area contributed by atoms with Crippen LogP contribution in [0.4, 0.5) is 0 Å². The standard InChI is InChI=1S/C15H19NO5/c1-3-9-20-10-13(15(18)19)16-14(17)11-5-7-12(8-6-11)21-4-2/h3,5-8,13H,1,4,9-10H2,2H3,(H,16,17)(H,18,19). The number of ether oxygens (including phenoxy) is 2. The van der Waals surface area contributed by atoms with E-state index in [-0.39, 0.29) is 13.2 Å². The Bertz CT molecular complexity index is 483. The van der Waals surface area contributed by atoms with Crippen LogP contribution in [0.3, 0.4) is 0 Å². The van der Waals surface area contributed by atoms with Crippen LogP contribution in [-0.2, 0) is 9.53 Å². The zero-order chi connectivity index (χ0) is 15.7. The fourth-order valence-electron chi connectivity index (χ4n) is 1.55. The Morgan fingerprint density at radius 1 is 1.38 bits per heavy atom.